The topological polar surface area (TPSA) is 78.4 Å². The van der Waals surface area contributed by atoms with Crippen molar-refractivity contribution in [1.82, 2.24) is 20.4 Å². The zero-order chi connectivity index (χ0) is 19.1. The lowest BCUT2D eigenvalue weighted by Crippen LogP contribution is -2.50. The molecule has 0 aliphatic carbocycles. The van der Waals surface area contributed by atoms with Crippen LogP contribution in [0, 0.1) is 0 Å². The molecule has 0 radical (unpaired) electrons. The maximum Gasteiger partial charge on any atom is 0.231 e. The molecule has 2 aliphatic rings. The van der Waals surface area contributed by atoms with Gasteiger partial charge >= 0.3 is 0 Å². The highest BCUT2D eigenvalue weighted by molar-refractivity contribution is 14.0. The number of guanidine groups is 1. The van der Waals surface area contributed by atoms with Gasteiger partial charge in [0.15, 0.2) is 17.5 Å². The Balaban J connectivity index is 0.00000280. The first-order chi connectivity index (χ1) is 13.2. The van der Waals surface area contributed by atoms with Gasteiger partial charge in [0.05, 0.1) is 6.54 Å². The van der Waals surface area contributed by atoms with Crippen LogP contribution in [0.4, 0.5) is 0 Å². The van der Waals surface area contributed by atoms with Crippen LogP contribution in [0.3, 0.4) is 0 Å². The van der Waals surface area contributed by atoms with E-state index in [4.69, 9.17) is 9.47 Å². The average Bonchev–Trinajstić information content (AvgIpc) is 3.14. The number of carbonyl (C=O) groups is 1. The van der Waals surface area contributed by atoms with Crippen molar-refractivity contribution in [2.24, 2.45) is 4.99 Å². The Kier molecular flexibility index (Phi) is 9.10. The standard InChI is InChI=1S/C19H29N5O3.HI/c1-3-20-19(21-6-7-23-8-10-24(11-9-23)15(2)25)22-13-16-4-5-17-18(12-16)27-14-26-17;/h4-5,12H,3,6-11,13-14H2,1-2H3,(H2,20,21,22);1H. The fourth-order valence-corrected chi connectivity index (χ4v) is 3.17. The number of nitrogens with zero attached hydrogens (tertiary/aromatic N) is 3. The summed E-state index contributed by atoms with van der Waals surface area (Å²) >= 11 is 0. The van der Waals surface area contributed by atoms with Gasteiger partial charge in [-0.15, -0.1) is 24.0 Å². The molecule has 0 atom stereocenters. The summed E-state index contributed by atoms with van der Waals surface area (Å²) in [5, 5.41) is 6.66. The van der Waals surface area contributed by atoms with E-state index in [2.05, 4.69) is 27.4 Å². The highest BCUT2D eigenvalue weighted by atomic mass is 127. The molecule has 1 amide bonds. The number of fused-ring (bicyclic) bond motifs is 1. The summed E-state index contributed by atoms with van der Waals surface area (Å²) in [7, 11) is 0. The Labute approximate surface area is 183 Å². The van der Waals surface area contributed by atoms with Crippen molar-refractivity contribution in [3.05, 3.63) is 23.8 Å². The quantitative estimate of drug-likeness (QED) is 0.346. The van der Waals surface area contributed by atoms with E-state index < -0.39 is 0 Å². The van der Waals surface area contributed by atoms with E-state index in [-0.39, 0.29) is 36.7 Å². The number of rotatable bonds is 6. The molecular formula is C19H30IN5O3. The molecule has 2 aliphatic heterocycles. The maximum absolute atomic E-state index is 11.4. The Hall–Kier alpha value is -1.75. The highest BCUT2D eigenvalue weighted by Gasteiger charge is 2.18. The van der Waals surface area contributed by atoms with E-state index >= 15 is 0 Å². The fourth-order valence-electron chi connectivity index (χ4n) is 3.17. The number of ether oxygens (including phenoxy) is 2. The number of piperazine rings is 1. The number of hydrogen-bond acceptors (Lipinski definition) is 5. The molecule has 1 saturated heterocycles. The van der Waals surface area contributed by atoms with Crippen molar-refractivity contribution in [2.45, 2.75) is 20.4 Å². The van der Waals surface area contributed by atoms with Gasteiger partial charge < -0.3 is 25.0 Å². The lowest BCUT2D eigenvalue weighted by atomic mass is 10.2. The van der Waals surface area contributed by atoms with Crippen LogP contribution in [0.15, 0.2) is 23.2 Å². The van der Waals surface area contributed by atoms with E-state index in [1.165, 1.54) is 0 Å². The number of benzene rings is 1. The van der Waals surface area contributed by atoms with Gasteiger partial charge in [-0.3, -0.25) is 9.69 Å². The van der Waals surface area contributed by atoms with Gasteiger partial charge in [-0.2, -0.15) is 0 Å². The first-order valence-corrected chi connectivity index (χ1v) is 9.54. The van der Waals surface area contributed by atoms with Crippen LogP contribution in [0.2, 0.25) is 0 Å². The third kappa shape index (κ3) is 6.40. The normalized spacial score (nSPS) is 16.5. The van der Waals surface area contributed by atoms with E-state index in [1.807, 2.05) is 23.1 Å². The third-order valence-electron chi connectivity index (χ3n) is 4.74. The summed E-state index contributed by atoms with van der Waals surface area (Å²) in [4.78, 5) is 20.3. The number of halogens is 1. The lowest BCUT2D eigenvalue weighted by Gasteiger charge is -2.34. The Morgan fingerprint density at radius 2 is 1.89 bits per heavy atom. The number of aliphatic imine (C=N–C) groups is 1. The van der Waals surface area contributed by atoms with Crippen molar-refractivity contribution in [3.63, 3.8) is 0 Å². The van der Waals surface area contributed by atoms with E-state index in [1.54, 1.807) is 6.92 Å². The van der Waals surface area contributed by atoms with Gasteiger partial charge in [0, 0.05) is 52.7 Å². The molecule has 0 unspecified atom stereocenters. The third-order valence-corrected chi connectivity index (χ3v) is 4.74. The van der Waals surface area contributed by atoms with Crippen molar-refractivity contribution in [3.8, 4) is 11.5 Å². The summed E-state index contributed by atoms with van der Waals surface area (Å²) in [5.41, 5.74) is 1.08. The molecule has 8 nitrogen and oxygen atoms in total. The second-order valence-corrected chi connectivity index (χ2v) is 6.66. The zero-order valence-corrected chi connectivity index (χ0v) is 18.9. The highest BCUT2D eigenvalue weighted by Crippen LogP contribution is 2.32. The minimum absolute atomic E-state index is 0. The molecule has 0 saturated carbocycles. The molecule has 0 aromatic heterocycles. The Morgan fingerprint density at radius 3 is 2.61 bits per heavy atom. The largest absolute Gasteiger partial charge is 0.454 e. The Morgan fingerprint density at radius 1 is 1.14 bits per heavy atom. The molecule has 0 bridgehead atoms. The second kappa shape index (κ2) is 11.3. The van der Waals surface area contributed by atoms with Crippen LogP contribution in [0.25, 0.3) is 0 Å². The molecule has 1 aromatic carbocycles. The number of hydrogen-bond donors (Lipinski definition) is 2. The van der Waals surface area contributed by atoms with Crippen molar-refractivity contribution in [1.29, 1.82) is 0 Å². The molecule has 1 aromatic rings. The van der Waals surface area contributed by atoms with Crippen molar-refractivity contribution in [2.75, 3.05) is 52.6 Å². The van der Waals surface area contributed by atoms with Crippen LogP contribution >= 0.6 is 24.0 Å². The maximum atomic E-state index is 11.4. The lowest BCUT2D eigenvalue weighted by molar-refractivity contribution is -0.130. The van der Waals surface area contributed by atoms with Gasteiger partial charge in [0.1, 0.15) is 0 Å². The summed E-state index contributed by atoms with van der Waals surface area (Å²) in [6.45, 7) is 10.6. The predicted octanol–water partition coefficient (Wildman–Crippen LogP) is 1.25. The molecule has 1 fully saturated rings. The average molecular weight is 503 g/mol. The summed E-state index contributed by atoms with van der Waals surface area (Å²) in [5.74, 6) is 2.54. The number of amides is 1. The van der Waals surface area contributed by atoms with Crippen LogP contribution in [-0.2, 0) is 11.3 Å². The number of carbonyl (C=O) groups excluding carboxylic acids is 1. The summed E-state index contributed by atoms with van der Waals surface area (Å²) in [6, 6.07) is 5.91. The van der Waals surface area contributed by atoms with Crippen LogP contribution < -0.4 is 20.1 Å². The van der Waals surface area contributed by atoms with Gasteiger partial charge in [-0.1, -0.05) is 6.07 Å². The van der Waals surface area contributed by atoms with Crippen LogP contribution in [0.1, 0.15) is 19.4 Å². The van der Waals surface area contributed by atoms with Gasteiger partial charge in [-0.05, 0) is 24.6 Å². The molecular weight excluding hydrogens is 473 g/mol. The van der Waals surface area contributed by atoms with E-state index in [0.717, 1.165) is 68.8 Å². The van der Waals surface area contributed by atoms with Crippen molar-refractivity contribution < 1.29 is 14.3 Å². The molecule has 2 N–H and O–H groups in total. The summed E-state index contributed by atoms with van der Waals surface area (Å²) in [6.07, 6.45) is 0. The molecule has 0 spiro atoms. The van der Waals surface area contributed by atoms with Gasteiger partial charge in [0.2, 0.25) is 12.7 Å². The van der Waals surface area contributed by atoms with Crippen LogP contribution in [-0.4, -0.2) is 74.3 Å². The minimum Gasteiger partial charge on any atom is -0.454 e. The minimum atomic E-state index is 0. The Bertz CT molecular complexity index is 678. The molecule has 28 heavy (non-hydrogen) atoms. The monoisotopic (exact) mass is 503 g/mol. The molecule has 156 valence electrons. The van der Waals surface area contributed by atoms with Gasteiger partial charge in [-0.25, -0.2) is 4.99 Å². The van der Waals surface area contributed by atoms with Crippen molar-refractivity contribution >= 4 is 35.8 Å². The van der Waals surface area contributed by atoms with Crippen LogP contribution in [0.5, 0.6) is 11.5 Å². The van der Waals surface area contributed by atoms with E-state index in [9.17, 15) is 4.79 Å². The molecule has 9 heteroatoms. The zero-order valence-electron chi connectivity index (χ0n) is 16.6. The number of nitrogens with one attached hydrogen (secondary N) is 2. The summed E-state index contributed by atoms with van der Waals surface area (Å²) < 4.78 is 10.8. The fraction of sp³-hybridized carbons (Fsp3) is 0.579. The second-order valence-electron chi connectivity index (χ2n) is 6.66. The van der Waals surface area contributed by atoms with Gasteiger partial charge in [0.25, 0.3) is 0 Å². The first-order valence-electron chi connectivity index (χ1n) is 9.54. The molecule has 2 heterocycles. The SMILES string of the molecule is CCNC(=NCc1ccc2c(c1)OCO2)NCCN1CCN(C(C)=O)CC1.I. The van der Waals surface area contributed by atoms with E-state index in [0.29, 0.717) is 6.54 Å². The molecule has 3 rings (SSSR count). The first kappa shape index (κ1) is 22.5. The predicted molar refractivity (Wildman–Crippen MR) is 119 cm³/mol. The smallest absolute Gasteiger partial charge is 0.231 e.